The van der Waals surface area contributed by atoms with Crippen LogP contribution in [0.1, 0.15) is 10.5 Å². The zero-order valence-corrected chi connectivity index (χ0v) is 17.2. The zero-order valence-electron chi connectivity index (χ0n) is 17.2. The SMILES string of the molecule is O=C(Nc1ccc(-c2nc(-c3ccccc3)n[nH]2)cc1)c1n[nH]c2cc(OC(F)(F)F)ccc12. The Morgan fingerprint density at radius 3 is 2.38 bits per heavy atom. The van der Waals surface area contributed by atoms with Crippen molar-refractivity contribution in [2.45, 2.75) is 6.36 Å². The minimum atomic E-state index is -4.81. The van der Waals surface area contributed by atoms with E-state index in [9.17, 15) is 18.0 Å². The molecule has 0 radical (unpaired) electrons. The van der Waals surface area contributed by atoms with E-state index in [-0.39, 0.29) is 11.2 Å². The number of H-pyrrole nitrogens is 2. The third-order valence-corrected chi connectivity index (χ3v) is 4.92. The maximum atomic E-state index is 12.7. The van der Waals surface area contributed by atoms with Crippen molar-refractivity contribution in [1.82, 2.24) is 25.4 Å². The van der Waals surface area contributed by atoms with Crippen molar-refractivity contribution in [1.29, 1.82) is 0 Å². The van der Waals surface area contributed by atoms with Crippen LogP contribution in [0.2, 0.25) is 0 Å². The van der Waals surface area contributed by atoms with Crippen LogP contribution in [0.4, 0.5) is 18.9 Å². The average molecular weight is 464 g/mol. The summed E-state index contributed by atoms with van der Waals surface area (Å²) in [6, 6.07) is 20.1. The van der Waals surface area contributed by atoms with E-state index in [0.717, 1.165) is 23.3 Å². The van der Waals surface area contributed by atoms with E-state index in [2.05, 4.69) is 35.4 Å². The fraction of sp³-hybridized carbons (Fsp3) is 0.0435. The van der Waals surface area contributed by atoms with E-state index in [1.165, 1.54) is 6.07 Å². The number of alkyl halides is 3. The Kier molecular flexibility index (Phi) is 5.21. The lowest BCUT2D eigenvalue weighted by Crippen LogP contribution is -2.17. The number of anilines is 1. The van der Waals surface area contributed by atoms with Crippen molar-refractivity contribution < 1.29 is 22.7 Å². The van der Waals surface area contributed by atoms with Gasteiger partial charge in [0.15, 0.2) is 17.3 Å². The fourth-order valence-electron chi connectivity index (χ4n) is 3.38. The molecule has 0 bridgehead atoms. The van der Waals surface area contributed by atoms with Gasteiger partial charge in [0.1, 0.15) is 5.75 Å². The minimum Gasteiger partial charge on any atom is -0.406 e. The first-order chi connectivity index (χ1) is 16.4. The van der Waals surface area contributed by atoms with Crippen LogP contribution in [0.5, 0.6) is 5.75 Å². The van der Waals surface area contributed by atoms with Gasteiger partial charge in [-0.2, -0.15) is 10.2 Å². The van der Waals surface area contributed by atoms with Crippen LogP contribution in [-0.4, -0.2) is 37.6 Å². The number of ether oxygens (including phenoxy) is 1. The van der Waals surface area contributed by atoms with Crippen LogP contribution < -0.4 is 10.1 Å². The molecular weight excluding hydrogens is 449 g/mol. The molecule has 0 saturated carbocycles. The molecule has 3 N–H and O–H groups in total. The number of aromatic nitrogens is 5. The smallest absolute Gasteiger partial charge is 0.406 e. The number of nitrogens with one attached hydrogen (secondary N) is 3. The molecule has 2 heterocycles. The summed E-state index contributed by atoms with van der Waals surface area (Å²) in [5, 5.41) is 16.7. The van der Waals surface area contributed by atoms with Gasteiger partial charge < -0.3 is 10.1 Å². The Morgan fingerprint density at radius 2 is 1.65 bits per heavy atom. The second-order valence-electron chi connectivity index (χ2n) is 7.23. The molecule has 1 amide bonds. The van der Waals surface area contributed by atoms with E-state index in [4.69, 9.17) is 0 Å². The average Bonchev–Trinajstić information content (AvgIpc) is 3.46. The molecule has 5 aromatic rings. The molecule has 0 fully saturated rings. The van der Waals surface area contributed by atoms with Crippen molar-refractivity contribution in [3.8, 4) is 28.5 Å². The number of hydrogen-bond donors (Lipinski definition) is 3. The summed E-state index contributed by atoms with van der Waals surface area (Å²) in [6.07, 6.45) is -4.81. The van der Waals surface area contributed by atoms with E-state index >= 15 is 0 Å². The number of benzene rings is 3. The van der Waals surface area contributed by atoms with Gasteiger partial charge in [-0.1, -0.05) is 30.3 Å². The van der Waals surface area contributed by atoms with Gasteiger partial charge in [0, 0.05) is 28.3 Å². The maximum absolute atomic E-state index is 12.7. The number of hydrogen-bond acceptors (Lipinski definition) is 5. The monoisotopic (exact) mass is 464 g/mol. The minimum absolute atomic E-state index is 0.0420. The molecule has 0 spiro atoms. The zero-order chi connectivity index (χ0) is 23.7. The van der Waals surface area contributed by atoms with E-state index < -0.39 is 18.0 Å². The molecule has 0 aliphatic carbocycles. The van der Waals surface area contributed by atoms with Crippen LogP contribution in [0.3, 0.4) is 0 Å². The summed E-state index contributed by atoms with van der Waals surface area (Å²) < 4.78 is 41.1. The first-order valence-electron chi connectivity index (χ1n) is 9.99. The van der Waals surface area contributed by atoms with Gasteiger partial charge >= 0.3 is 6.36 Å². The lowest BCUT2D eigenvalue weighted by Gasteiger charge is -2.08. The molecular formula is C23H15F3N6O2. The number of fused-ring (bicyclic) bond motifs is 1. The van der Waals surface area contributed by atoms with Crippen molar-refractivity contribution in [2.75, 3.05) is 5.32 Å². The van der Waals surface area contributed by atoms with Crippen molar-refractivity contribution in [2.24, 2.45) is 0 Å². The highest BCUT2D eigenvalue weighted by atomic mass is 19.4. The van der Waals surface area contributed by atoms with Gasteiger partial charge in [0.05, 0.1) is 5.52 Å². The molecule has 8 nitrogen and oxygen atoms in total. The molecule has 0 aliphatic rings. The standard InChI is InChI=1S/C23H15F3N6O2/c24-23(25,26)34-16-10-11-17-18(12-16)29-30-19(17)22(33)27-15-8-6-14(7-9-15)21-28-20(31-32-21)13-4-2-1-3-5-13/h1-12H,(H,27,33)(H,29,30)(H,28,31,32). The van der Waals surface area contributed by atoms with Crippen LogP contribution in [0.15, 0.2) is 72.8 Å². The fourth-order valence-corrected chi connectivity index (χ4v) is 3.38. The first kappa shape index (κ1) is 21.2. The predicted octanol–water partition coefficient (Wildman–Crippen LogP) is 5.17. The van der Waals surface area contributed by atoms with Crippen LogP contribution in [-0.2, 0) is 0 Å². The first-order valence-corrected chi connectivity index (χ1v) is 9.99. The Balaban J connectivity index is 1.30. The van der Waals surface area contributed by atoms with Gasteiger partial charge in [-0.25, -0.2) is 4.98 Å². The van der Waals surface area contributed by atoms with Gasteiger partial charge in [-0.3, -0.25) is 15.0 Å². The molecule has 2 aromatic heterocycles. The second kappa shape index (κ2) is 8.35. The highest BCUT2D eigenvalue weighted by molar-refractivity contribution is 6.11. The lowest BCUT2D eigenvalue weighted by atomic mass is 10.1. The number of carbonyl (C=O) groups excluding carboxylic acids is 1. The molecule has 0 saturated heterocycles. The Morgan fingerprint density at radius 1 is 0.882 bits per heavy atom. The van der Waals surface area contributed by atoms with Gasteiger partial charge in [0.2, 0.25) is 0 Å². The van der Waals surface area contributed by atoms with Crippen LogP contribution in [0.25, 0.3) is 33.7 Å². The lowest BCUT2D eigenvalue weighted by molar-refractivity contribution is -0.274. The largest absolute Gasteiger partial charge is 0.573 e. The number of aromatic amines is 2. The summed E-state index contributed by atoms with van der Waals surface area (Å²) in [7, 11) is 0. The van der Waals surface area contributed by atoms with Crippen LogP contribution >= 0.6 is 0 Å². The summed E-state index contributed by atoms with van der Waals surface area (Å²) >= 11 is 0. The topological polar surface area (TPSA) is 109 Å². The van der Waals surface area contributed by atoms with Gasteiger partial charge in [-0.05, 0) is 36.4 Å². The maximum Gasteiger partial charge on any atom is 0.573 e. The summed E-state index contributed by atoms with van der Waals surface area (Å²) in [5.41, 5.74) is 2.44. The van der Waals surface area contributed by atoms with Gasteiger partial charge in [-0.15, -0.1) is 13.2 Å². The van der Waals surface area contributed by atoms with Crippen molar-refractivity contribution >= 4 is 22.5 Å². The van der Waals surface area contributed by atoms with E-state index in [1.807, 2.05) is 30.3 Å². The van der Waals surface area contributed by atoms with E-state index in [1.54, 1.807) is 24.3 Å². The Bertz CT molecular complexity index is 1460. The number of rotatable bonds is 5. The molecule has 5 rings (SSSR count). The highest BCUT2D eigenvalue weighted by Gasteiger charge is 2.31. The van der Waals surface area contributed by atoms with Crippen molar-refractivity contribution in [3.63, 3.8) is 0 Å². The quantitative estimate of drug-likeness (QED) is 0.333. The third kappa shape index (κ3) is 4.44. The number of halogens is 3. The Hall–Kier alpha value is -4.67. The number of amides is 1. The summed E-state index contributed by atoms with van der Waals surface area (Å²) in [4.78, 5) is 17.2. The molecule has 0 aliphatic heterocycles. The van der Waals surface area contributed by atoms with Crippen LogP contribution in [0, 0.1) is 0 Å². The third-order valence-electron chi connectivity index (χ3n) is 4.92. The second-order valence-corrected chi connectivity index (χ2v) is 7.23. The number of nitrogens with zero attached hydrogens (tertiary/aromatic N) is 3. The molecule has 11 heteroatoms. The molecule has 34 heavy (non-hydrogen) atoms. The summed E-state index contributed by atoms with van der Waals surface area (Å²) in [6.45, 7) is 0. The molecule has 3 aromatic carbocycles. The van der Waals surface area contributed by atoms with E-state index in [0.29, 0.717) is 22.7 Å². The molecule has 0 unspecified atom stereocenters. The Labute approximate surface area is 189 Å². The predicted molar refractivity (Wildman–Crippen MR) is 118 cm³/mol. The highest BCUT2D eigenvalue weighted by Crippen LogP contribution is 2.27. The van der Waals surface area contributed by atoms with Crippen molar-refractivity contribution in [3.05, 3.63) is 78.5 Å². The molecule has 0 atom stereocenters. The van der Waals surface area contributed by atoms with Gasteiger partial charge in [0.25, 0.3) is 5.91 Å². The number of carbonyl (C=O) groups is 1. The summed E-state index contributed by atoms with van der Waals surface area (Å²) in [5.74, 6) is 0.220. The molecule has 170 valence electrons. The normalized spacial score (nSPS) is 11.5.